The Morgan fingerprint density at radius 1 is 1.80 bits per heavy atom. The molecule has 0 bridgehead atoms. The van der Waals surface area contributed by atoms with Gasteiger partial charge in [-0.1, -0.05) is 6.58 Å². The van der Waals surface area contributed by atoms with Gasteiger partial charge >= 0.3 is 5.97 Å². The fourth-order valence-corrected chi connectivity index (χ4v) is 0.415. The van der Waals surface area contributed by atoms with Crippen molar-refractivity contribution in [3.63, 3.8) is 0 Å². The van der Waals surface area contributed by atoms with Crippen LogP contribution in [0.5, 0.6) is 0 Å². The van der Waals surface area contributed by atoms with Crippen LogP contribution in [0.1, 0.15) is 20.3 Å². The molecule has 2 nitrogen and oxygen atoms in total. The van der Waals surface area contributed by atoms with Crippen molar-refractivity contribution in [2.75, 3.05) is 0 Å². The zero-order valence-corrected chi connectivity index (χ0v) is 6.35. The van der Waals surface area contributed by atoms with Crippen LogP contribution >= 0.6 is 0 Å². The number of aliphatic carboxylic acids is 1. The quantitative estimate of drug-likeness (QED) is 0.607. The first-order valence-electron chi connectivity index (χ1n) is 3.08. The summed E-state index contributed by atoms with van der Waals surface area (Å²) in [4.78, 5) is 10.5. The molecule has 0 aliphatic rings. The number of carboxylic acids is 1. The molecule has 0 rings (SSSR count). The van der Waals surface area contributed by atoms with Crippen LogP contribution in [0.3, 0.4) is 0 Å². The minimum absolute atomic E-state index is 0.478. The van der Waals surface area contributed by atoms with Gasteiger partial charge in [-0.25, -0.2) is 0 Å². The lowest BCUT2D eigenvalue weighted by atomic mass is 9.90. The first-order chi connectivity index (χ1) is 4.50. The summed E-state index contributed by atoms with van der Waals surface area (Å²) in [6, 6.07) is 0. The average Bonchev–Trinajstić information content (AvgIpc) is 1.84. The van der Waals surface area contributed by atoms with Crippen molar-refractivity contribution in [2.24, 2.45) is 5.41 Å². The minimum atomic E-state index is -0.793. The summed E-state index contributed by atoms with van der Waals surface area (Å²) >= 11 is 0. The summed E-state index contributed by atoms with van der Waals surface area (Å²) < 4.78 is 0. The van der Waals surface area contributed by atoms with Crippen molar-refractivity contribution >= 4 is 5.97 Å². The first-order valence-corrected chi connectivity index (χ1v) is 3.08. The zero-order valence-electron chi connectivity index (χ0n) is 6.35. The lowest BCUT2D eigenvalue weighted by Gasteiger charge is -2.15. The van der Waals surface area contributed by atoms with Crippen LogP contribution in [0.15, 0.2) is 18.4 Å². The van der Waals surface area contributed by atoms with E-state index in [0.717, 1.165) is 0 Å². The monoisotopic (exact) mass is 140 g/mol. The Morgan fingerprint density at radius 2 is 2.30 bits per heavy atom. The van der Waals surface area contributed by atoms with E-state index in [2.05, 4.69) is 12.3 Å². The topological polar surface area (TPSA) is 37.3 Å². The van der Waals surface area contributed by atoms with Gasteiger partial charge in [-0.2, -0.15) is 0 Å². The second kappa shape index (κ2) is 3.23. The minimum Gasteiger partial charge on any atom is -0.481 e. The number of hydrogen-bond acceptors (Lipinski definition) is 1. The standard InChI is InChI=1S/C8H12O2/c1-4-5-6-8(2,3)7(9)10/h5H,1,6H2,2-3H3,(H,9,10). The van der Waals surface area contributed by atoms with Crippen molar-refractivity contribution in [3.05, 3.63) is 18.4 Å². The molecule has 10 heavy (non-hydrogen) atoms. The zero-order chi connectivity index (χ0) is 8.20. The Morgan fingerprint density at radius 3 is 2.60 bits per heavy atom. The van der Waals surface area contributed by atoms with Gasteiger partial charge in [0.2, 0.25) is 0 Å². The van der Waals surface area contributed by atoms with Crippen LogP contribution in [-0.2, 0) is 4.79 Å². The second-order valence-corrected chi connectivity index (χ2v) is 2.80. The molecule has 0 aromatic heterocycles. The third kappa shape index (κ3) is 2.51. The third-order valence-corrected chi connectivity index (χ3v) is 1.34. The van der Waals surface area contributed by atoms with Crippen LogP contribution in [0.4, 0.5) is 0 Å². The molecule has 56 valence electrons. The Labute approximate surface area is 60.9 Å². The molecule has 0 aromatic carbocycles. The van der Waals surface area contributed by atoms with Crippen molar-refractivity contribution in [1.82, 2.24) is 0 Å². The van der Waals surface area contributed by atoms with Gasteiger partial charge in [0.15, 0.2) is 0 Å². The van der Waals surface area contributed by atoms with E-state index in [9.17, 15) is 4.79 Å². The summed E-state index contributed by atoms with van der Waals surface area (Å²) in [5.74, 6) is -0.793. The van der Waals surface area contributed by atoms with Crippen molar-refractivity contribution < 1.29 is 9.90 Å². The highest BCUT2D eigenvalue weighted by Gasteiger charge is 2.24. The SMILES string of the molecule is C=C=CCC(C)(C)C(=O)O. The molecule has 0 spiro atoms. The smallest absolute Gasteiger partial charge is 0.309 e. The lowest BCUT2D eigenvalue weighted by molar-refractivity contribution is -0.146. The van der Waals surface area contributed by atoms with E-state index < -0.39 is 11.4 Å². The van der Waals surface area contributed by atoms with Crippen LogP contribution in [-0.4, -0.2) is 11.1 Å². The average molecular weight is 140 g/mol. The molecule has 1 N–H and O–H groups in total. The molecule has 0 atom stereocenters. The predicted octanol–water partition coefficient (Wildman–Crippen LogP) is 1.83. The maximum atomic E-state index is 10.5. The molecule has 0 amide bonds. The molecule has 0 unspecified atom stereocenters. The number of rotatable bonds is 3. The Bertz CT molecular complexity index is 174. The van der Waals surface area contributed by atoms with Gasteiger partial charge in [0.05, 0.1) is 5.41 Å². The van der Waals surface area contributed by atoms with Gasteiger partial charge in [0.1, 0.15) is 0 Å². The molecule has 0 aliphatic carbocycles. The number of carbonyl (C=O) groups is 1. The largest absolute Gasteiger partial charge is 0.481 e. The highest BCUT2D eigenvalue weighted by Crippen LogP contribution is 2.20. The van der Waals surface area contributed by atoms with E-state index in [1.54, 1.807) is 19.9 Å². The molecule has 2 heteroatoms. The summed E-state index contributed by atoms with van der Waals surface area (Å²) in [5, 5.41) is 8.60. The highest BCUT2D eigenvalue weighted by atomic mass is 16.4. The van der Waals surface area contributed by atoms with Crippen molar-refractivity contribution in [2.45, 2.75) is 20.3 Å². The summed E-state index contributed by atoms with van der Waals surface area (Å²) in [5.41, 5.74) is 1.85. The Kier molecular flexibility index (Phi) is 2.91. The summed E-state index contributed by atoms with van der Waals surface area (Å²) in [6.45, 7) is 6.69. The van der Waals surface area contributed by atoms with Crippen molar-refractivity contribution in [1.29, 1.82) is 0 Å². The van der Waals surface area contributed by atoms with Crippen LogP contribution in [0, 0.1) is 5.41 Å². The predicted molar refractivity (Wildman–Crippen MR) is 39.7 cm³/mol. The molecule has 0 radical (unpaired) electrons. The van der Waals surface area contributed by atoms with Crippen LogP contribution in [0.25, 0.3) is 0 Å². The lowest BCUT2D eigenvalue weighted by Crippen LogP contribution is -2.22. The molecule has 0 saturated heterocycles. The molecule has 0 fully saturated rings. The Hall–Kier alpha value is -1.01. The fraction of sp³-hybridized carbons (Fsp3) is 0.500. The van der Waals surface area contributed by atoms with Gasteiger partial charge in [-0.15, -0.1) is 5.73 Å². The van der Waals surface area contributed by atoms with E-state index in [1.807, 2.05) is 0 Å². The highest BCUT2D eigenvalue weighted by molar-refractivity contribution is 5.73. The van der Waals surface area contributed by atoms with E-state index in [1.165, 1.54) is 0 Å². The van der Waals surface area contributed by atoms with E-state index >= 15 is 0 Å². The maximum Gasteiger partial charge on any atom is 0.309 e. The van der Waals surface area contributed by atoms with Gasteiger partial charge in [0.25, 0.3) is 0 Å². The molecule has 0 heterocycles. The van der Waals surface area contributed by atoms with Crippen molar-refractivity contribution in [3.8, 4) is 0 Å². The first kappa shape index (κ1) is 8.99. The van der Waals surface area contributed by atoms with Gasteiger partial charge in [-0.3, -0.25) is 4.79 Å². The van der Waals surface area contributed by atoms with Crippen LogP contribution in [0.2, 0.25) is 0 Å². The number of allylic oxidation sites excluding steroid dienone is 1. The van der Waals surface area contributed by atoms with E-state index in [-0.39, 0.29) is 0 Å². The fourth-order valence-electron chi connectivity index (χ4n) is 0.415. The van der Waals surface area contributed by atoms with E-state index in [0.29, 0.717) is 6.42 Å². The molecular weight excluding hydrogens is 128 g/mol. The summed E-state index contributed by atoms with van der Waals surface area (Å²) in [6.07, 6.45) is 2.11. The molecule has 0 aliphatic heterocycles. The number of hydrogen-bond donors (Lipinski definition) is 1. The van der Waals surface area contributed by atoms with Gasteiger partial charge < -0.3 is 5.11 Å². The summed E-state index contributed by atoms with van der Waals surface area (Å²) in [7, 11) is 0. The van der Waals surface area contributed by atoms with Gasteiger partial charge in [0, 0.05) is 0 Å². The Balaban J connectivity index is 4.12. The van der Waals surface area contributed by atoms with Crippen LogP contribution < -0.4 is 0 Å². The van der Waals surface area contributed by atoms with Gasteiger partial charge in [-0.05, 0) is 26.3 Å². The second-order valence-electron chi connectivity index (χ2n) is 2.80. The number of carboxylic acid groups (broad SMARTS) is 1. The molecule has 0 aromatic rings. The molecular formula is C8H12O2. The normalized spacial score (nSPS) is 10.2. The molecule has 0 saturated carbocycles. The van der Waals surface area contributed by atoms with E-state index in [4.69, 9.17) is 5.11 Å². The maximum absolute atomic E-state index is 10.5. The third-order valence-electron chi connectivity index (χ3n) is 1.34.